The molecule has 14 rings (SSSR count). The highest BCUT2D eigenvalue weighted by Gasteiger charge is 2.51. The van der Waals surface area contributed by atoms with Gasteiger partial charge in [-0.2, -0.15) is 0 Å². The second-order valence-corrected chi connectivity index (χ2v) is 19.1. The number of para-hydroxylation sites is 1. The molecule has 4 bridgehead atoms. The van der Waals surface area contributed by atoms with E-state index >= 15 is 0 Å². The first-order chi connectivity index (χ1) is 32.1. The van der Waals surface area contributed by atoms with E-state index in [1.165, 1.54) is 66.1 Å². The van der Waals surface area contributed by atoms with Gasteiger partial charge in [-0.15, -0.1) is 0 Å². The zero-order valence-corrected chi connectivity index (χ0v) is 36.3. The molecule has 4 saturated carbocycles. The summed E-state index contributed by atoms with van der Waals surface area (Å²) in [5, 5.41) is 2.45. The Morgan fingerprint density at radius 3 is 1.35 bits per heavy atom. The summed E-state index contributed by atoms with van der Waals surface area (Å²) in [7, 11) is 0. The standard InChI is InChI=1S/C61H48N4/c1-4-12-43(13-5-1)46-20-22-47(23-21-46)58-62-59(64-60(63-58)51-34-49(44-14-6-2-7-15-44)33-50(35-51)45-16-8-3-9-17-45)48-24-29-55-54-18-10-11-19-56(54)65(57(55)36-48)53-27-25-52(26-28-53)61-37-40-30-41(38-61)32-42(31-40)39-61/h1-29,33-36,40-42H,30-32,37-39H2. The lowest BCUT2D eigenvalue weighted by Gasteiger charge is -2.57. The van der Waals surface area contributed by atoms with Crippen molar-refractivity contribution in [3.8, 4) is 73.2 Å². The SMILES string of the molecule is c1ccc(-c2ccc(-c3nc(-c4cc(-c5ccccc5)cc(-c5ccccc5)c4)nc(-c4ccc5c6ccccc6n(-c6ccc(C78CC9CC(CC(C9)C7)C8)cc6)c5c4)n3)cc2)cc1. The molecule has 4 fully saturated rings. The Balaban J connectivity index is 0.966. The van der Waals surface area contributed by atoms with Gasteiger partial charge in [0.2, 0.25) is 0 Å². The molecule has 65 heavy (non-hydrogen) atoms. The van der Waals surface area contributed by atoms with E-state index in [1.807, 2.05) is 0 Å². The lowest BCUT2D eigenvalue weighted by Crippen LogP contribution is -2.48. The second kappa shape index (κ2) is 15.4. The topological polar surface area (TPSA) is 43.6 Å². The summed E-state index contributed by atoms with van der Waals surface area (Å²) >= 11 is 0. The predicted molar refractivity (Wildman–Crippen MR) is 267 cm³/mol. The van der Waals surface area contributed by atoms with Crippen LogP contribution in [0.3, 0.4) is 0 Å². The summed E-state index contributed by atoms with van der Waals surface area (Å²) in [5.74, 6) is 4.66. The fourth-order valence-corrected chi connectivity index (χ4v) is 12.4. The summed E-state index contributed by atoms with van der Waals surface area (Å²) < 4.78 is 2.44. The van der Waals surface area contributed by atoms with Crippen molar-refractivity contribution < 1.29 is 0 Å². The summed E-state index contributed by atoms with van der Waals surface area (Å²) in [6.07, 6.45) is 8.48. The van der Waals surface area contributed by atoms with E-state index in [1.54, 1.807) is 5.56 Å². The summed E-state index contributed by atoms with van der Waals surface area (Å²) in [6, 6.07) is 72.2. The maximum Gasteiger partial charge on any atom is 0.164 e. The third kappa shape index (κ3) is 6.78. The van der Waals surface area contributed by atoms with Gasteiger partial charge in [0.15, 0.2) is 17.5 Å². The van der Waals surface area contributed by atoms with Crippen LogP contribution in [-0.4, -0.2) is 19.5 Å². The molecule has 0 spiro atoms. The molecule has 4 heteroatoms. The molecule has 0 saturated heterocycles. The van der Waals surface area contributed by atoms with Gasteiger partial charge in [0.1, 0.15) is 0 Å². The van der Waals surface area contributed by atoms with Crippen LogP contribution in [0, 0.1) is 17.8 Å². The van der Waals surface area contributed by atoms with Gasteiger partial charge < -0.3 is 4.57 Å². The molecule has 0 aliphatic heterocycles. The van der Waals surface area contributed by atoms with Gasteiger partial charge in [0.25, 0.3) is 0 Å². The van der Waals surface area contributed by atoms with E-state index in [0.29, 0.717) is 22.9 Å². The fourth-order valence-electron chi connectivity index (χ4n) is 12.4. The van der Waals surface area contributed by atoms with Crippen molar-refractivity contribution in [3.63, 3.8) is 0 Å². The Kier molecular flexibility index (Phi) is 9.01. The molecule has 10 aromatic rings. The van der Waals surface area contributed by atoms with E-state index in [-0.39, 0.29) is 0 Å². The minimum Gasteiger partial charge on any atom is -0.309 e. The maximum atomic E-state index is 5.37. The summed E-state index contributed by atoms with van der Waals surface area (Å²) in [6.45, 7) is 0. The van der Waals surface area contributed by atoms with E-state index in [2.05, 4.69) is 205 Å². The van der Waals surface area contributed by atoms with Gasteiger partial charge in [0, 0.05) is 33.2 Å². The van der Waals surface area contributed by atoms with Crippen molar-refractivity contribution in [1.82, 2.24) is 19.5 Å². The fraction of sp³-hybridized carbons (Fsp3) is 0.164. The molecule has 0 unspecified atom stereocenters. The number of rotatable bonds is 8. The van der Waals surface area contributed by atoms with E-state index in [4.69, 9.17) is 15.0 Å². The second-order valence-electron chi connectivity index (χ2n) is 19.1. The number of hydrogen-bond acceptors (Lipinski definition) is 3. The quantitative estimate of drug-likeness (QED) is 0.153. The largest absolute Gasteiger partial charge is 0.309 e. The van der Waals surface area contributed by atoms with Gasteiger partial charge in [-0.25, -0.2) is 15.0 Å². The zero-order chi connectivity index (χ0) is 42.9. The molecule has 2 aromatic heterocycles. The van der Waals surface area contributed by atoms with Crippen LogP contribution in [0.2, 0.25) is 0 Å². The highest BCUT2D eigenvalue weighted by Crippen LogP contribution is 2.60. The third-order valence-corrected chi connectivity index (χ3v) is 15.0. The molecular formula is C61H48N4. The van der Waals surface area contributed by atoms with E-state index in [0.717, 1.165) is 67.8 Å². The highest BCUT2D eigenvalue weighted by molar-refractivity contribution is 6.10. The first-order valence-electron chi connectivity index (χ1n) is 23.4. The Labute approximate surface area is 380 Å². The van der Waals surface area contributed by atoms with Gasteiger partial charge in [0.05, 0.1) is 11.0 Å². The molecule has 8 aromatic carbocycles. The molecule has 0 amide bonds. The number of benzene rings is 8. The molecule has 4 aliphatic carbocycles. The Morgan fingerprint density at radius 2 is 0.769 bits per heavy atom. The minimum atomic E-state index is 0.361. The average Bonchev–Trinajstić information content (AvgIpc) is 3.70. The number of nitrogens with zero attached hydrogens (tertiary/aromatic N) is 4. The van der Waals surface area contributed by atoms with Crippen LogP contribution in [0.4, 0.5) is 0 Å². The van der Waals surface area contributed by atoms with Crippen molar-refractivity contribution in [2.45, 2.75) is 43.9 Å². The van der Waals surface area contributed by atoms with Crippen LogP contribution in [0.5, 0.6) is 0 Å². The first-order valence-corrected chi connectivity index (χ1v) is 23.4. The highest BCUT2D eigenvalue weighted by atomic mass is 15.0. The number of hydrogen-bond donors (Lipinski definition) is 0. The maximum absolute atomic E-state index is 5.37. The van der Waals surface area contributed by atoms with Crippen LogP contribution >= 0.6 is 0 Å². The Morgan fingerprint density at radius 1 is 0.338 bits per heavy atom. The predicted octanol–water partition coefficient (Wildman–Crippen LogP) is 15.4. The van der Waals surface area contributed by atoms with Crippen LogP contribution < -0.4 is 0 Å². The molecule has 0 N–H and O–H groups in total. The van der Waals surface area contributed by atoms with Crippen molar-refractivity contribution in [2.24, 2.45) is 17.8 Å². The number of fused-ring (bicyclic) bond motifs is 3. The van der Waals surface area contributed by atoms with Gasteiger partial charge in [-0.05, 0) is 143 Å². The van der Waals surface area contributed by atoms with E-state index < -0.39 is 0 Å². The molecule has 312 valence electrons. The van der Waals surface area contributed by atoms with E-state index in [9.17, 15) is 0 Å². The molecular weight excluding hydrogens is 789 g/mol. The lowest BCUT2D eigenvalue weighted by molar-refractivity contribution is -0.00518. The zero-order valence-electron chi connectivity index (χ0n) is 36.3. The van der Waals surface area contributed by atoms with Crippen LogP contribution in [0.15, 0.2) is 200 Å². The van der Waals surface area contributed by atoms with Crippen LogP contribution in [-0.2, 0) is 5.41 Å². The lowest BCUT2D eigenvalue weighted by atomic mass is 9.48. The summed E-state index contributed by atoms with van der Waals surface area (Å²) in [5.41, 5.74) is 15.1. The number of aromatic nitrogens is 4. The van der Waals surface area contributed by atoms with Crippen LogP contribution in [0.1, 0.15) is 44.1 Å². The molecule has 4 nitrogen and oxygen atoms in total. The monoisotopic (exact) mass is 836 g/mol. The van der Waals surface area contributed by atoms with Crippen LogP contribution in [0.25, 0.3) is 95.0 Å². The minimum absolute atomic E-state index is 0.361. The molecule has 0 atom stereocenters. The van der Waals surface area contributed by atoms with Crippen molar-refractivity contribution in [1.29, 1.82) is 0 Å². The van der Waals surface area contributed by atoms with Gasteiger partial charge in [-0.3, -0.25) is 0 Å². The average molecular weight is 837 g/mol. The van der Waals surface area contributed by atoms with Gasteiger partial charge in [-0.1, -0.05) is 158 Å². The first kappa shape index (κ1) is 38.1. The Hall–Kier alpha value is -7.43. The smallest absolute Gasteiger partial charge is 0.164 e. The van der Waals surface area contributed by atoms with Crippen molar-refractivity contribution >= 4 is 21.8 Å². The van der Waals surface area contributed by atoms with Gasteiger partial charge >= 0.3 is 0 Å². The Bertz CT molecular complexity index is 3280. The van der Waals surface area contributed by atoms with Crippen molar-refractivity contribution in [3.05, 3.63) is 206 Å². The molecule has 4 aliphatic rings. The normalized spacial score (nSPS) is 19.8. The molecule has 2 heterocycles. The molecule has 0 radical (unpaired) electrons. The third-order valence-electron chi connectivity index (χ3n) is 15.0. The summed E-state index contributed by atoms with van der Waals surface area (Å²) in [4.78, 5) is 15.9. The van der Waals surface area contributed by atoms with Crippen molar-refractivity contribution in [2.75, 3.05) is 0 Å².